The summed E-state index contributed by atoms with van der Waals surface area (Å²) in [5, 5.41) is 0.737. The van der Waals surface area contributed by atoms with E-state index in [1.807, 2.05) is 39.1 Å². The molecule has 2 N–H and O–H groups in total. The molecule has 0 saturated carbocycles. The zero-order chi connectivity index (χ0) is 14.4. The Morgan fingerprint density at radius 1 is 1.42 bits per heavy atom. The minimum atomic E-state index is 0.108. The first-order valence-electron chi connectivity index (χ1n) is 6.42. The molecule has 3 nitrogen and oxygen atoms in total. The number of ether oxygens (including phenoxy) is 1. The minimum absolute atomic E-state index is 0.108. The van der Waals surface area contributed by atoms with Gasteiger partial charge in [0.1, 0.15) is 0 Å². The number of hydrogen-bond acceptors (Lipinski definition) is 3. The summed E-state index contributed by atoms with van der Waals surface area (Å²) >= 11 is 9.70. The van der Waals surface area contributed by atoms with Crippen LogP contribution in [0.5, 0.6) is 0 Å². The second-order valence-electron chi connectivity index (χ2n) is 4.82. The number of benzene rings is 1. The van der Waals surface area contributed by atoms with Crippen molar-refractivity contribution in [3.8, 4) is 0 Å². The third-order valence-electron chi connectivity index (χ3n) is 2.97. The number of likely N-dealkylation sites (N-methyl/N-ethyl adjacent to an activating group) is 1. The fraction of sp³-hybridized carbons (Fsp3) is 0.571. The molecule has 0 spiro atoms. The van der Waals surface area contributed by atoms with E-state index in [0.717, 1.165) is 21.6 Å². The molecule has 0 aliphatic rings. The molecule has 1 atom stereocenters. The quantitative estimate of drug-likeness (QED) is 0.819. The molecule has 108 valence electrons. The van der Waals surface area contributed by atoms with E-state index in [2.05, 4.69) is 20.8 Å². The van der Waals surface area contributed by atoms with Gasteiger partial charge in [-0.25, -0.2) is 0 Å². The largest absolute Gasteiger partial charge is 0.377 e. The zero-order valence-corrected chi connectivity index (χ0v) is 14.0. The lowest BCUT2D eigenvalue weighted by atomic mass is 10.1. The van der Waals surface area contributed by atoms with E-state index >= 15 is 0 Å². The standard InChI is InChI=1S/C14H22BrClN2O/c1-10(2)19-7-6-18(3)14(9-17)12-5-4-11(15)8-13(12)16/h4-5,8,10,14H,6-7,9,17H2,1-3H3. The van der Waals surface area contributed by atoms with Crippen LogP contribution in [0.25, 0.3) is 0 Å². The lowest BCUT2D eigenvalue weighted by molar-refractivity contribution is 0.0564. The van der Waals surface area contributed by atoms with E-state index in [1.165, 1.54) is 0 Å². The highest BCUT2D eigenvalue weighted by Crippen LogP contribution is 2.28. The molecule has 19 heavy (non-hydrogen) atoms. The summed E-state index contributed by atoms with van der Waals surface area (Å²) in [6.45, 7) is 6.11. The molecular formula is C14H22BrClN2O. The van der Waals surface area contributed by atoms with Crippen LogP contribution in [0.1, 0.15) is 25.5 Å². The predicted octanol–water partition coefficient (Wildman–Crippen LogP) is 3.46. The first-order valence-corrected chi connectivity index (χ1v) is 7.59. The van der Waals surface area contributed by atoms with Crippen molar-refractivity contribution in [2.45, 2.75) is 26.0 Å². The van der Waals surface area contributed by atoms with E-state index in [0.29, 0.717) is 13.2 Å². The van der Waals surface area contributed by atoms with Gasteiger partial charge in [-0.2, -0.15) is 0 Å². The predicted molar refractivity (Wildman–Crippen MR) is 84.7 cm³/mol. The van der Waals surface area contributed by atoms with Crippen LogP contribution >= 0.6 is 27.5 Å². The number of halogens is 2. The molecule has 0 amide bonds. The van der Waals surface area contributed by atoms with Gasteiger partial charge >= 0.3 is 0 Å². The van der Waals surface area contributed by atoms with Gasteiger partial charge in [0.15, 0.2) is 0 Å². The molecule has 1 rings (SSSR count). The molecule has 0 aromatic heterocycles. The zero-order valence-electron chi connectivity index (χ0n) is 11.7. The van der Waals surface area contributed by atoms with E-state index in [9.17, 15) is 0 Å². The van der Waals surface area contributed by atoms with Crippen molar-refractivity contribution < 1.29 is 4.74 Å². The molecule has 0 saturated heterocycles. The van der Waals surface area contributed by atoms with E-state index in [4.69, 9.17) is 22.1 Å². The maximum absolute atomic E-state index is 6.29. The van der Waals surface area contributed by atoms with Gasteiger partial charge in [0.05, 0.1) is 12.7 Å². The Morgan fingerprint density at radius 2 is 2.11 bits per heavy atom. The lowest BCUT2D eigenvalue weighted by Gasteiger charge is -2.28. The van der Waals surface area contributed by atoms with E-state index < -0.39 is 0 Å². The Bertz CT molecular complexity index is 401. The molecule has 0 radical (unpaired) electrons. The first-order chi connectivity index (χ1) is 8.95. The van der Waals surface area contributed by atoms with E-state index in [-0.39, 0.29) is 12.1 Å². The smallest absolute Gasteiger partial charge is 0.0597 e. The van der Waals surface area contributed by atoms with Crippen LogP contribution in [0.3, 0.4) is 0 Å². The topological polar surface area (TPSA) is 38.5 Å². The Balaban J connectivity index is 2.70. The van der Waals surface area contributed by atoms with Crippen LogP contribution in [-0.4, -0.2) is 37.7 Å². The fourth-order valence-electron chi connectivity index (χ4n) is 1.90. The normalized spacial score (nSPS) is 13.3. The molecule has 0 fully saturated rings. The maximum atomic E-state index is 6.29. The van der Waals surface area contributed by atoms with Crippen LogP contribution in [-0.2, 0) is 4.74 Å². The summed E-state index contributed by atoms with van der Waals surface area (Å²) in [4.78, 5) is 2.18. The second-order valence-corrected chi connectivity index (χ2v) is 6.14. The Labute approximate surface area is 129 Å². The molecule has 0 heterocycles. The average Bonchev–Trinajstić information content (AvgIpc) is 2.32. The van der Waals surface area contributed by atoms with Gasteiger partial charge < -0.3 is 10.5 Å². The Kier molecular flexibility index (Phi) is 7.32. The summed E-state index contributed by atoms with van der Waals surface area (Å²) in [6.07, 6.45) is 0.251. The third-order valence-corrected chi connectivity index (χ3v) is 3.79. The molecule has 1 aromatic rings. The summed E-state index contributed by atoms with van der Waals surface area (Å²) in [6, 6.07) is 6.01. The van der Waals surface area contributed by atoms with Gasteiger partial charge in [0.25, 0.3) is 0 Å². The van der Waals surface area contributed by atoms with Crippen molar-refractivity contribution in [2.75, 3.05) is 26.7 Å². The van der Waals surface area contributed by atoms with Gasteiger partial charge in [-0.1, -0.05) is 33.6 Å². The number of rotatable bonds is 7. The van der Waals surface area contributed by atoms with Crippen LogP contribution < -0.4 is 5.73 Å². The van der Waals surface area contributed by atoms with Gasteiger partial charge in [-0.05, 0) is 38.6 Å². The van der Waals surface area contributed by atoms with Crippen molar-refractivity contribution in [1.29, 1.82) is 0 Å². The molecule has 1 aromatic carbocycles. The molecule has 0 aliphatic carbocycles. The summed E-state index contributed by atoms with van der Waals surface area (Å²) in [7, 11) is 2.04. The highest BCUT2D eigenvalue weighted by Gasteiger charge is 2.18. The fourth-order valence-corrected chi connectivity index (χ4v) is 2.70. The number of nitrogens with two attached hydrogens (primary N) is 1. The Hall–Kier alpha value is -0.130. The maximum Gasteiger partial charge on any atom is 0.0597 e. The number of nitrogens with zero attached hydrogens (tertiary/aromatic N) is 1. The van der Waals surface area contributed by atoms with Crippen LogP contribution in [0.15, 0.2) is 22.7 Å². The second kappa shape index (κ2) is 8.22. The average molecular weight is 350 g/mol. The Morgan fingerprint density at radius 3 is 2.63 bits per heavy atom. The molecule has 0 bridgehead atoms. The van der Waals surface area contributed by atoms with Crippen molar-refractivity contribution in [2.24, 2.45) is 5.73 Å². The lowest BCUT2D eigenvalue weighted by Crippen LogP contribution is -2.33. The highest BCUT2D eigenvalue weighted by atomic mass is 79.9. The van der Waals surface area contributed by atoms with Gasteiger partial charge in [0.2, 0.25) is 0 Å². The highest BCUT2D eigenvalue weighted by molar-refractivity contribution is 9.10. The number of hydrogen-bond donors (Lipinski definition) is 1. The van der Waals surface area contributed by atoms with Crippen molar-refractivity contribution in [1.82, 2.24) is 4.90 Å². The van der Waals surface area contributed by atoms with Crippen LogP contribution in [0.2, 0.25) is 5.02 Å². The van der Waals surface area contributed by atoms with Gasteiger partial charge in [-0.15, -0.1) is 0 Å². The molecule has 0 aliphatic heterocycles. The van der Waals surface area contributed by atoms with Crippen LogP contribution in [0.4, 0.5) is 0 Å². The van der Waals surface area contributed by atoms with Crippen molar-refractivity contribution in [3.63, 3.8) is 0 Å². The molecular weight excluding hydrogens is 328 g/mol. The summed E-state index contributed by atoms with van der Waals surface area (Å²) in [5.41, 5.74) is 6.95. The third kappa shape index (κ3) is 5.40. The minimum Gasteiger partial charge on any atom is -0.377 e. The van der Waals surface area contributed by atoms with Crippen molar-refractivity contribution in [3.05, 3.63) is 33.3 Å². The van der Waals surface area contributed by atoms with Gasteiger partial charge in [-0.3, -0.25) is 4.90 Å². The molecule has 5 heteroatoms. The van der Waals surface area contributed by atoms with Gasteiger partial charge in [0, 0.05) is 28.6 Å². The van der Waals surface area contributed by atoms with Crippen LogP contribution in [0, 0.1) is 0 Å². The van der Waals surface area contributed by atoms with E-state index in [1.54, 1.807) is 0 Å². The van der Waals surface area contributed by atoms with Crippen molar-refractivity contribution >= 4 is 27.5 Å². The monoisotopic (exact) mass is 348 g/mol. The summed E-state index contributed by atoms with van der Waals surface area (Å²) < 4.78 is 6.54. The first kappa shape index (κ1) is 16.9. The summed E-state index contributed by atoms with van der Waals surface area (Å²) in [5.74, 6) is 0. The molecule has 1 unspecified atom stereocenters. The SMILES string of the molecule is CC(C)OCCN(C)C(CN)c1ccc(Br)cc1Cl.